The van der Waals surface area contributed by atoms with Gasteiger partial charge in [0.1, 0.15) is 11.6 Å². The quantitative estimate of drug-likeness (QED) is 0.801. The molecule has 0 heterocycles. The summed E-state index contributed by atoms with van der Waals surface area (Å²) >= 11 is 3.10. The second-order valence-electron chi connectivity index (χ2n) is 3.48. The van der Waals surface area contributed by atoms with Crippen molar-refractivity contribution in [3.8, 4) is 5.75 Å². The van der Waals surface area contributed by atoms with E-state index in [1.54, 1.807) is 13.8 Å². The van der Waals surface area contributed by atoms with Gasteiger partial charge in [-0.1, -0.05) is 0 Å². The number of benzene rings is 1. The fraction of sp³-hybridized carbons (Fsp3) is 0.333. The molecule has 0 fully saturated rings. The van der Waals surface area contributed by atoms with Crippen molar-refractivity contribution in [1.82, 2.24) is 0 Å². The topological polar surface area (TPSA) is 46.2 Å². The molecule has 3 N–H and O–H groups in total. The maximum absolute atomic E-state index is 13.3. The largest absolute Gasteiger partial charge is 0.507 e. The Morgan fingerprint density at radius 2 is 2.00 bits per heavy atom. The molecule has 0 amide bonds. The maximum Gasteiger partial charge on any atom is 0.130 e. The van der Waals surface area contributed by atoms with Gasteiger partial charge in [-0.15, -0.1) is 0 Å². The van der Waals surface area contributed by atoms with E-state index in [1.165, 1.54) is 12.1 Å². The minimum absolute atomic E-state index is 0.00470. The minimum atomic E-state index is -0.818. The van der Waals surface area contributed by atoms with Crippen molar-refractivity contribution >= 4 is 15.9 Å². The van der Waals surface area contributed by atoms with E-state index >= 15 is 0 Å². The van der Waals surface area contributed by atoms with Gasteiger partial charge in [0.15, 0.2) is 0 Å². The Hall–Kier alpha value is -0.610. The molecular weight excluding hydrogens is 237 g/mol. The first-order chi connectivity index (χ1) is 5.84. The Morgan fingerprint density at radius 3 is 2.38 bits per heavy atom. The van der Waals surface area contributed by atoms with E-state index in [2.05, 4.69) is 15.9 Å². The molecule has 0 aromatic heterocycles. The van der Waals surface area contributed by atoms with Gasteiger partial charge in [0, 0.05) is 11.1 Å². The third kappa shape index (κ3) is 2.00. The molecule has 2 nitrogen and oxygen atoms in total. The van der Waals surface area contributed by atoms with Gasteiger partial charge in [-0.05, 0) is 41.9 Å². The van der Waals surface area contributed by atoms with Crippen molar-refractivity contribution in [3.05, 3.63) is 28.0 Å². The highest BCUT2D eigenvalue weighted by Gasteiger charge is 2.23. The highest BCUT2D eigenvalue weighted by molar-refractivity contribution is 9.10. The van der Waals surface area contributed by atoms with Crippen LogP contribution < -0.4 is 5.73 Å². The van der Waals surface area contributed by atoms with Crippen LogP contribution in [0.15, 0.2) is 16.6 Å². The average molecular weight is 248 g/mol. The lowest BCUT2D eigenvalue weighted by Crippen LogP contribution is -2.30. The first-order valence-corrected chi connectivity index (χ1v) is 4.59. The zero-order chi connectivity index (χ0) is 10.2. The average Bonchev–Trinajstić information content (AvgIpc) is 1.95. The molecule has 1 aromatic rings. The standard InChI is InChI=1S/C9H11BrFNO/c1-9(2,12)7-5(11)3-4-6(13)8(7)10/h3-4,13H,12H2,1-2H3. The van der Waals surface area contributed by atoms with Gasteiger partial charge in [-0.25, -0.2) is 4.39 Å². The second kappa shape index (κ2) is 3.27. The summed E-state index contributed by atoms with van der Waals surface area (Å²) in [5.41, 5.74) is 5.21. The Kier molecular flexibility index (Phi) is 2.63. The summed E-state index contributed by atoms with van der Waals surface area (Å²) in [7, 11) is 0. The molecule has 72 valence electrons. The molecule has 1 rings (SSSR count). The van der Waals surface area contributed by atoms with E-state index in [0.29, 0.717) is 4.47 Å². The third-order valence-corrected chi connectivity index (χ3v) is 2.52. The molecule has 0 bridgehead atoms. The smallest absolute Gasteiger partial charge is 0.130 e. The van der Waals surface area contributed by atoms with Crippen LogP contribution in [0.1, 0.15) is 19.4 Å². The summed E-state index contributed by atoms with van der Waals surface area (Å²) in [5, 5.41) is 9.32. The van der Waals surface area contributed by atoms with Crippen LogP contribution in [0.4, 0.5) is 4.39 Å². The summed E-state index contributed by atoms with van der Waals surface area (Å²) in [6, 6.07) is 2.48. The number of hydrogen-bond donors (Lipinski definition) is 2. The fourth-order valence-electron chi connectivity index (χ4n) is 1.13. The Morgan fingerprint density at radius 1 is 1.46 bits per heavy atom. The van der Waals surface area contributed by atoms with E-state index in [1.807, 2.05) is 0 Å². The summed E-state index contributed by atoms with van der Waals surface area (Å²) in [6.07, 6.45) is 0. The van der Waals surface area contributed by atoms with Crippen LogP contribution in [0.5, 0.6) is 5.75 Å². The van der Waals surface area contributed by atoms with Gasteiger partial charge >= 0.3 is 0 Å². The lowest BCUT2D eigenvalue weighted by atomic mass is 9.95. The Bertz CT molecular complexity index is 333. The summed E-state index contributed by atoms with van der Waals surface area (Å²) in [6.45, 7) is 3.35. The number of phenolic OH excluding ortho intramolecular Hbond substituents is 1. The number of aromatic hydroxyl groups is 1. The highest BCUT2D eigenvalue weighted by atomic mass is 79.9. The normalized spacial score (nSPS) is 11.8. The molecule has 0 aliphatic carbocycles. The molecule has 0 unspecified atom stereocenters. The zero-order valence-corrected chi connectivity index (χ0v) is 9.02. The van der Waals surface area contributed by atoms with E-state index in [0.717, 1.165) is 0 Å². The van der Waals surface area contributed by atoms with Crippen LogP contribution in [-0.2, 0) is 5.54 Å². The highest BCUT2D eigenvalue weighted by Crippen LogP contribution is 2.34. The predicted octanol–water partition coefficient (Wildman–Crippen LogP) is 2.49. The Labute approximate surface area is 84.7 Å². The van der Waals surface area contributed by atoms with Gasteiger partial charge in [0.2, 0.25) is 0 Å². The molecule has 0 radical (unpaired) electrons. The van der Waals surface area contributed by atoms with Gasteiger partial charge < -0.3 is 10.8 Å². The molecular formula is C9H11BrFNO. The van der Waals surface area contributed by atoms with Crippen LogP contribution in [0.3, 0.4) is 0 Å². The van der Waals surface area contributed by atoms with Gasteiger partial charge in [-0.3, -0.25) is 0 Å². The molecule has 0 saturated heterocycles. The second-order valence-corrected chi connectivity index (χ2v) is 4.27. The van der Waals surface area contributed by atoms with E-state index in [9.17, 15) is 9.50 Å². The number of nitrogens with two attached hydrogens (primary N) is 1. The molecule has 0 saturated carbocycles. The number of rotatable bonds is 1. The van der Waals surface area contributed by atoms with E-state index in [4.69, 9.17) is 5.73 Å². The van der Waals surface area contributed by atoms with Gasteiger partial charge in [0.05, 0.1) is 4.47 Å². The van der Waals surface area contributed by atoms with Gasteiger partial charge in [0.25, 0.3) is 0 Å². The van der Waals surface area contributed by atoms with Crippen LogP contribution in [0.2, 0.25) is 0 Å². The van der Waals surface area contributed by atoms with E-state index in [-0.39, 0.29) is 11.3 Å². The first kappa shape index (κ1) is 10.5. The minimum Gasteiger partial charge on any atom is -0.507 e. The lowest BCUT2D eigenvalue weighted by molar-refractivity contribution is 0.452. The van der Waals surface area contributed by atoms with Crippen molar-refractivity contribution in [3.63, 3.8) is 0 Å². The molecule has 1 aromatic carbocycles. The molecule has 0 atom stereocenters. The number of phenols is 1. The lowest BCUT2D eigenvalue weighted by Gasteiger charge is -2.21. The molecule has 0 aliphatic rings. The third-order valence-electron chi connectivity index (χ3n) is 1.72. The molecule has 0 aliphatic heterocycles. The van der Waals surface area contributed by atoms with Crippen molar-refractivity contribution in [2.24, 2.45) is 5.73 Å². The Balaban J connectivity index is 3.43. The molecule has 13 heavy (non-hydrogen) atoms. The van der Waals surface area contributed by atoms with E-state index < -0.39 is 11.4 Å². The summed E-state index contributed by atoms with van der Waals surface area (Å²) in [4.78, 5) is 0. The van der Waals surface area contributed by atoms with Crippen molar-refractivity contribution < 1.29 is 9.50 Å². The van der Waals surface area contributed by atoms with Gasteiger partial charge in [-0.2, -0.15) is 0 Å². The van der Waals surface area contributed by atoms with Crippen LogP contribution in [0, 0.1) is 5.82 Å². The van der Waals surface area contributed by atoms with Crippen molar-refractivity contribution in [2.45, 2.75) is 19.4 Å². The summed E-state index contributed by atoms with van der Waals surface area (Å²) in [5.74, 6) is -0.424. The fourth-order valence-corrected chi connectivity index (χ4v) is 1.96. The van der Waals surface area contributed by atoms with Crippen LogP contribution >= 0.6 is 15.9 Å². The van der Waals surface area contributed by atoms with Crippen molar-refractivity contribution in [1.29, 1.82) is 0 Å². The maximum atomic E-state index is 13.3. The zero-order valence-electron chi connectivity index (χ0n) is 7.44. The SMILES string of the molecule is CC(C)(N)c1c(F)ccc(O)c1Br. The number of halogens is 2. The first-order valence-electron chi connectivity index (χ1n) is 3.80. The summed E-state index contributed by atoms with van der Waals surface area (Å²) < 4.78 is 13.6. The van der Waals surface area contributed by atoms with Crippen LogP contribution in [-0.4, -0.2) is 5.11 Å². The monoisotopic (exact) mass is 247 g/mol. The van der Waals surface area contributed by atoms with Crippen LogP contribution in [0.25, 0.3) is 0 Å². The predicted molar refractivity (Wildman–Crippen MR) is 53.0 cm³/mol. The van der Waals surface area contributed by atoms with Crippen molar-refractivity contribution in [2.75, 3.05) is 0 Å². The molecule has 4 heteroatoms. The number of hydrogen-bond acceptors (Lipinski definition) is 2. The molecule has 0 spiro atoms.